The van der Waals surface area contributed by atoms with E-state index in [1.807, 2.05) is 6.92 Å². The van der Waals surface area contributed by atoms with Crippen LogP contribution < -0.4 is 0 Å². The van der Waals surface area contributed by atoms with Crippen molar-refractivity contribution in [2.75, 3.05) is 6.61 Å². The minimum Gasteiger partial charge on any atom is -0.465 e. The third-order valence-corrected chi connectivity index (χ3v) is 1.55. The van der Waals surface area contributed by atoms with Gasteiger partial charge < -0.3 is 4.74 Å². The van der Waals surface area contributed by atoms with Gasteiger partial charge in [-0.15, -0.1) is 0 Å². The molecule has 0 saturated carbocycles. The molecule has 0 aromatic rings. The Morgan fingerprint density at radius 2 is 2.55 bits per heavy atom. The van der Waals surface area contributed by atoms with E-state index in [0.717, 1.165) is 5.71 Å². The molecule has 0 amide bonds. The SMILES string of the molecule is CCOC(=O)C1C=CN=C1C. The predicted octanol–water partition coefficient (Wildman–Crippen LogP) is 1.15. The number of hydrogen-bond acceptors (Lipinski definition) is 3. The number of carbonyl (C=O) groups is 1. The van der Waals surface area contributed by atoms with Crippen LogP contribution in [0.5, 0.6) is 0 Å². The average molecular weight is 153 g/mol. The van der Waals surface area contributed by atoms with Crippen molar-refractivity contribution in [1.29, 1.82) is 0 Å². The maximum atomic E-state index is 11.1. The van der Waals surface area contributed by atoms with Gasteiger partial charge in [-0.3, -0.25) is 9.79 Å². The summed E-state index contributed by atoms with van der Waals surface area (Å²) in [5.41, 5.74) is 0.809. The highest BCUT2D eigenvalue weighted by molar-refractivity contribution is 6.04. The normalized spacial score (nSPS) is 21.6. The van der Waals surface area contributed by atoms with Gasteiger partial charge in [0, 0.05) is 11.9 Å². The highest BCUT2D eigenvalue weighted by atomic mass is 16.5. The Balaban J connectivity index is 2.55. The van der Waals surface area contributed by atoms with Crippen LogP contribution in [0, 0.1) is 5.92 Å². The Kier molecular flexibility index (Phi) is 2.41. The minimum atomic E-state index is -0.241. The summed E-state index contributed by atoms with van der Waals surface area (Å²) in [6.07, 6.45) is 3.38. The first kappa shape index (κ1) is 7.98. The van der Waals surface area contributed by atoms with Gasteiger partial charge >= 0.3 is 5.97 Å². The van der Waals surface area contributed by atoms with Crippen LogP contribution in [0.2, 0.25) is 0 Å². The molecule has 0 N–H and O–H groups in total. The van der Waals surface area contributed by atoms with Gasteiger partial charge in [-0.2, -0.15) is 0 Å². The quantitative estimate of drug-likeness (QED) is 0.558. The Bertz CT molecular complexity index is 218. The fourth-order valence-corrected chi connectivity index (χ4v) is 0.947. The molecule has 60 valence electrons. The molecule has 0 aromatic heterocycles. The summed E-state index contributed by atoms with van der Waals surface area (Å²) in [5, 5.41) is 0. The summed E-state index contributed by atoms with van der Waals surface area (Å²) in [6.45, 7) is 4.04. The summed E-state index contributed by atoms with van der Waals surface area (Å²) in [6, 6.07) is 0. The fourth-order valence-electron chi connectivity index (χ4n) is 0.947. The molecule has 0 fully saturated rings. The number of esters is 1. The van der Waals surface area contributed by atoms with Gasteiger partial charge in [0.1, 0.15) is 5.92 Å². The fraction of sp³-hybridized carbons (Fsp3) is 0.500. The summed E-state index contributed by atoms with van der Waals surface area (Å²) >= 11 is 0. The van der Waals surface area contributed by atoms with Crippen molar-refractivity contribution < 1.29 is 9.53 Å². The molecule has 0 aromatic carbocycles. The zero-order chi connectivity index (χ0) is 8.27. The molecule has 0 aliphatic carbocycles. The van der Waals surface area contributed by atoms with E-state index in [-0.39, 0.29) is 11.9 Å². The van der Waals surface area contributed by atoms with Crippen molar-refractivity contribution >= 4 is 11.7 Å². The zero-order valence-corrected chi connectivity index (χ0v) is 6.70. The minimum absolute atomic E-state index is 0.206. The van der Waals surface area contributed by atoms with Gasteiger partial charge in [0.05, 0.1) is 6.61 Å². The predicted molar refractivity (Wildman–Crippen MR) is 42.4 cm³/mol. The molecule has 1 unspecified atom stereocenters. The number of rotatable bonds is 2. The molecule has 0 radical (unpaired) electrons. The number of ether oxygens (including phenoxy) is 1. The largest absolute Gasteiger partial charge is 0.465 e. The Hall–Kier alpha value is -1.12. The van der Waals surface area contributed by atoms with Crippen LogP contribution in [0.25, 0.3) is 0 Å². The van der Waals surface area contributed by atoms with Crippen LogP contribution in [0.4, 0.5) is 0 Å². The lowest BCUT2D eigenvalue weighted by molar-refractivity contribution is -0.144. The summed E-state index contributed by atoms with van der Waals surface area (Å²) in [5.74, 6) is -0.447. The van der Waals surface area contributed by atoms with Crippen LogP contribution >= 0.6 is 0 Å². The van der Waals surface area contributed by atoms with E-state index in [1.165, 1.54) is 0 Å². The number of nitrogens with zero attached hydrogens (tertiary/aromatic N) is 1. The lowest BCUT2D eigenvalue weighted by Gasteiger charge is -2.06. The lowest BCUT2D eigenvalue weighted by Crippen LogP contribution is -2.20. The van der Waals surface area contributed by atoms with Crippen molar-refractivity contribution in [2.24, 2.45) is 10.9 Å². The van der Waals surface area contributed by atoms with Gasteiger partial charge in [0.25, 0.3) is 0 Å². The van der Waals surface area contributed by atoms with Gasteiger partial charge in [0.15, 0.2) is 0 Å². The van der Waals surface area contributed by atoms with Gasteiger partial charge in [-0.1, -0.05) is 0 Å². The molecule has 1 heterocycles. The van der Waals surface area contributed by atoms with E-state index in [9.17, 15) is 4.79 Å². The molecule has 1 aliphatic rings. The highest BCUT2D eigenvalue weighted by Crippen LogP contribution is 2.11. The van der Waals surface area contributed by atoms with Crippen molar-refractivity contribution in [2.45, 2.75) is 13.8 Å². The maximum absolute atomic E-state index is 11.1. The molecule has 1 atom stereocenters. The Labute approximate surface area is 65.8 Å². The molecule has 0 spiro atoms. The second-order valence-corrected chi connectivity index (χ2v) is 2.34. The van der Waals surface area contributed by atoms with E-state index in [0.29, 0.717) is 6.61 Å². The Morgan fingerprint density at radius 3 is 3.00 bits per heavy atom. The number of aliphatic imine (C=N–C) groups is 1. The van der Waals surface area contributed by atoms with Crippen molar-refractivity contribution in [3.8, 4) is 0 Å². The lowest BCUT2D eigenvalue weighted by atomic mass is 10.1. The van der Waals surface area contributed by atoms with E-state index in [4.69, 9.17) is 4.74 Å². The monoisotopic (exact) mass is 153 g/mol. The van der Waals surface area contributed by atoms with E-state index < -0.39 is 0 Å². The molecule has 0 saturated heterocycles. The zero-order valence-electron chi connectivity index (χ0n) is 6.70. The van der Waals surface area contributed by atoms with Crippen LogP contribution in [0.15, 0.2) is 17.3 Å². The molecule has 3 heteroatoms. The first-order valence-electron chi connectivity index (χ1n) is 3.63. The third-order valence-electron chi connectivity index (χ3n) is 1.55. The molecule has 3 nitrogen and oxygen atoms in total. The molecule has 1 rings (SSSR count). The van der Waals surface area contributed by atoms with Gasteiger partial charge in [0.2, 0.25) is 0 Å². The van der Waals surface area contributed by atoms with Crippen LogP contribution in [0.3, 0.4) is 0 Å². The molecular weight excluding hydrogens is 142 g/mol. The third kappa shape index (κ3) is 1.67. The molecule has 11 heavy (non-hydrogen) atoms. The second-order valence-electron chi connectivity index (χ2n) is 2.34. The van der Waals surface area contributed by atoms with Crippen molar-refractivity contribution in [3.05, 3.63) is 12.3 Å². The van der Waals surface area contributed by atoms with Gasteiger partial charge in [-0.05, 0) is 19.9 Å². The Morgan fingerprint density at radius 1 is 1.82 bits per heavy atom. The standard InChI is InChI=1S/C8H11NO2/c1-3-11-8(10)7-4-5-9-6(7)2/h4-5,7H,3H2,1-2H3. The number of carbonyl (C=O) groups excluding carboxylic acids is 1. The maximum Gasteiger partial charge on any atom is 0.318 e. The van der Waals surface area contributed by atoms with E-state index in [2.05, 4.69) is 4.99 Å². The molecule has 0 bridgehead atoms. The highest BCUT2D eigenvalue weighted by Gasteiger charge is 2.21. The van der Waals surface area contributed by atoms with Crippen molar-refractivity contribution in [1.82, 2.24) is 0 Å². The van der Waals surface area contributed by atoms with Crippen molar-refractivity contribution in [3.63, 3.8) is 0 Å². The first-order valence-corrected chi connectivity index (χ1v) is 3.63. The first-order chi connectivity index (χ1) is 5.25. The van der Waals surface area contributed by atoms with E-state index >= 15 is 0 Å². The molecular formula is C8H11NO2. The summed E-state index contributed by atoms with van der Waals surface area (Å²) < 4.78 is 4.83. The molecule has 1 aliphatic heterocycles. The van der Waals surface area contributed by atoms with E-state index in [1.54, 1.807) is 19.2 Å². The number of hydrogen-bond donors (Lipinski definition) is 0. The van der Waals surface area contributed by atoms with Gasteiger partial charge in [-0.25, -0.2) is 0 Å². The topological polar surface area (TPSA) is 38.7 Å². The smallest absolute Gasteiger partial charge is 0.318 e. The van der Waals surface area contributed by atoms with Crippen LogP contribution in [-0.4, -0.2) is 18.3 Å². The summed E-state index contributed by atoms with van der Waals surface area (Å²) in [7, 11) is 0. The van der Waals surface area contributed by atoms with Crippen LogP contribution in [-0.2, 0) is 9.53 Å². The second kappa shape index (κ2) is 3.32. The van der Waals surface area contributed by atoms with Crippen LogP contribution in [0.1, 0.15) is 13.8 Å². The summed E-state index contributed by atoms with van der Waals surface area (Å²) in [4.78, 5) is 15.1. The average Bonchev–Trinajstić information content (AvgIpc) is 2.36.